The van der Waals surface area contributed by atoms with Gasteiger partial charge in [-0.05, 0) is 6.42 Å². The van der Waals surface area contributed by atoms with Gasteiger partial charge in [0, 0.05) is 6.54 Å². The third-order valence-electron chi connectivity index (χ3n) is 2.33. The number of hydrogen-bond acceptors (Lipinski definition) is 3. The molecule has 3 unspecified atom stereocenters. The van der Waals surface area contributed by atoms with Gasteiger partial charge >= 0.3 is 6.03 Å². The van der Waals surface area contributed by atoms with Gasteiger partial charge in [-0.25, -0.2) is 9.18 Å². The number of hydrogen-bond donors (Lipinski definition) is 3. The van der Waals surface area contributed by atoms with Crippen molar-refractivity contribution in [3.05, 3.63) is 0 Å². The Hall–Kier alpha value is -1.17. The average molecular weight is 187 g/mol. The van der Waals surface area contributed by atoms with Gasteiger partial charge < -0.3 is 5.32 Å². The lowest BCUT2D eigenvalue weighted by atomic mass is 9.92. The summed E-state index contributed by atoms with van der Waals surface area (Å²) in [5, 5.41) is 7.39. The molecule has 2 aliphatic rings. The van der Waals surface area contributed by atoms with Crippen LogP contribution in [0.4, 0.5) is 9.18 Å². The molecule has 13 heavy (non-hydrogen) atoms. The maximum Gasteiger partial charge on any atom is 0.322 e. The third-order valence-corrected chi connectivity index (χ3v) is 2.33. The molecule has 2 rings (SSSR count). The van der Waals surface area contributed by atoms with Crippen molar-refractivity contribution >= 4 is 11.9 Å². The van der Waals surface area contributed by atoms with Crippen molar-refractivity contribution in [1.29, 1.82) is 0 Å². The van der Waals surface area contributed by atoms with Crippen molar-refractivity contribution in [1.82, 2.24) is 16.0 Å². The van der Waals surface area contributed by atoms with E-state index in [0.717, 1.165) is 0 Å². The number of rotatable bonds is 0. The van der Waals surface area contributed by atoms with Crippen LogP contribution < -0.4 is 16.0 Å². The highest BCUT2D eigenvalue weighted by Gasteiger charge is 2.39. The van der Waals surface area contributed by atoms with Crippen molar-refractivity contribution in [2.45, 2.75) is 18.8 Å². The Labute approximate surface area is 74.1 Å². The van der Waals surface area contributed by atoms with Gasteiger partial charge in [-0.1, -0.05) is 0 Å². The summed E-state index contributed by atoms with van der Waals surface area (Å²) in [5.74, 6) is -0.884. The minimum Gasteiger partial charge on any atom is -0.322 e. The fraction of sp³-hybridized carbons (Fsp3) is 0.714. The van der Waals surface area contributed by atoms with Gasteiger partial charge in [0.25, 0.3) is 0 Å². The maximum atomic E-state index is 12.9. The Morgan fingerprint density at radius 3 is 2.92 bits per heavy atom. The summed E-state index contributed by atoms with van der Waals surface area (Å²) in [7, 11) is 0. The highest BCUT2D eigenvalue weighted by Crippen LogP contribution is 2.19. The summed E-state index contributed by atoms with van der Waals surface area (Å²) >= 11 is 0. The number of carbonyl (C=O) groups excluding carboxylic acids is 2. The summed E-state index contributed by atoms with van der Waals surface area (Å²) in [4.78, 5) is 22.0. The van der Waals surface area contributed by atoms with E-state index in [1.807, 2.05) is 0 Å². The van der Waals surface area contributed by atoms with E-state index in [4.69, 9.17) is 0 Å². The number of alkyl halides is 1. The minimum absolute atomic E-state index is 0.170. The van der Waals surface area contributed by atoms with Gasteiger partial charge in [0.15, 0.2) is 0 Å². The zero-order valence-electron chi connectivity index (χ0n) is 6.84. The lowest BCUT2D eigenvalue weighted by Crippen LogP contribution is -2.66. The summed E-state index contributed by atoms with van der Waals surface area (Å²) in [6.45, 7) is 0.189. The lowest BCUT2D eigenvalue weighted by molar-refractivity contribution is -0.128. The average Bonchev–Trinajstić information content (AvgIpc) is 2.06. The number of fused-ring (bicyclic) bond motifs is 1. The first-order valence-corrected chi connectivity index (χ1v) is 4.15. The second-order valence-corrected chi connectivity index (χ2v) is 3.29. The standard InChI is InChI=1S/C7H10FN3O2/c8-3-1-4-5(9-2-3)10-7(13)11-6(4)12/h3-5,9H,1-2H2,(H2,10,11,12,13). The molecule has 0 spiro atoms. The molecule has 0 aliphatic carbocycles. The number of piperidine rings is 1. The Bertz CT molecular complexity index is 258. The molecule has 0 saturated carbocycles. The van der Waals surface area contributed by atoms with Crippen LogP contribution in [0.5, 0.6) is 0 Å². The highest BCUT2D eigenvalue weighted by molar-refractivity contribution is 5.98. The van der Waals surface area contributed by atoms with Crippen LogP contribution in [0.1, 0.15) is 6.42 Å². The second-order valence-electron chi connectivity index (χ2n) is 3.29. The summed E-state index contributed by atoms with van der Waals surface area (Å²) in [6, 6.07) is -0.518. The molecule has 72 valence electrons. The van der Waals surface area contributed by atoms with E-state index in [1.54, 1.807) is 0 Å². The molecule has 0 radical (unpaired) electrons. The van der Waals surface area contributed by atoms with Crippen LogP contribution in [-0.4, -0.2) is 30.8 Å². The number of imide groups is 1. The first-order valence-electron chi connectivity index (χ1n) is 4.15. The van der Waals surface area contributed by atoms with Gasteiger partial charge in [-0.3, -0.25) is 15.4 Å². The summed E-state index contributed by atoms with van der Waals surface area (Å²) < 4.78 is 12.9. The second kappa shape index (κ2) is 2.95. The maximum absolute atomic E-state index is 12.9. The number of urea groups is 1. The normalized spacial score (nSPS) is 39.0. The molecule has 2 heterocycles. The molecular formula is C7H10FN3O2. The first-order chi connectivity index (χ1) is 6.16. The molecule has 6 heteroatoms. The van der Waals surface area contributed by atoms with Gasteiger partial charge in [0.05, 0.1) is 12.1 Å². The molecule has 3 N–H and O–H groups in total. The molecule has 0 bridgehead atoms. The zero-order chi connectivity index (χ0) is 9.42. The van der Waals surface area contributed by atoms with E-state index < -0.39 is 30.2 Å². The molecule has 0 aromatic heterocycles. The Morgan fingerprint density at radius 2 is 2.15 bits per heavy atom. The minimum atomic E-state index is -1.01. The fourth-order valence-corrected chi connectivity index (χ4v) is 1.68. The first kappa shape index (κ1) is 8.43. The van der Waals surface area contributed by atoms with Crippen LogP contribution in [0.3, 0.4) is 0 Å². The molecule has 3 amide bonds. The monoisotopic (exact) mass is 187 g/mol. The Kier molecular flexibility index (Phi) is 1.91. The summed E-state index contributed by atoms with van der Waals surface area (Å²) in [6.07, 6.45) is -1.25. The predicted molar refractivity (Wildman–Crippen MR) is 41.5 cm³/mol. The molecule has 5 nitrogen and oxygen atoms in total. The van der Waals surface area contributed by atoms with Crippen LogP contribution >= 0.6 is 0 Å². The Morgan fingerprint density at radius 1 is 1.38 bits per heavy atom. The van der Waals surface area contributed by atoms with Crippen molar-refractivity contribution in [2.75, 3.05) is 6.54 Å². The topological polar surface area (TPSA) is 70.2 Å². The lowest BCUT2D eigenvalue weighted by Gasteiger charge is -2.36. The molecule has 0 aromatic rings. The number of halogens is 1. The number of carbonyl (C=O) groups is 2. The smallest absolute Gasteiger partial charge is 0.322 e. The van der Waals surface area contributed by atoms with Crippen LogP contribution in [-0.2, 0) is 4.79 Å². The van der Waals surface area contributed by atoms with Gasteiger partial charge in [0.1, 0.15) is 6.17 Å². The number of amides is 3. The van der Waals surface area contributed by atoms with Gasteiger partial charge in [-0.15, -0.1) is 0 Å². The largest absolute Gasteiger partial charge is 0.322 e. The van der Waals surface area contributed by atoms with E-state index in [1.165, 1.54) is 0 Å². The highest BCUT2D eigenvalue weighted by atomic mass is 19.1. The van der Waals surface area contributed by atoms with Crippen LogP contribution in [0.2, 0.25) is 0 Å². The third kappa shape index (κ3) is 1.49. The Balaban J connectivity index is 2.11. The van der Waals surface area contributed by atoms with E-state index in [0.29, 0.717) is 0 Å². The molecule has 0 aromatic carbocycles. The van der Waals surface area contributed by atoms with E-state index >= 15 is 0 Å². The van der Waals surface area contributed by atoms with E-state index in [2.05, 4.69) is 16.0 Å². The van der Waals surface area contributed by atoms with Crippen LogP contribution in [0, 0.1) is 5.92 Å². The van der Waals surface area contributed by atoms with Crippen LogP contribution in [0.15, 0.2) is 0 Å². The van der Waals surface area contributed by atoms with Gasteiger partial charge in [-0.2, -0.15) is 0 Å². The van der Waals surface area contributed by atoms with Crippen molar-refractivity contribution in [3.63, 3.8) is 0 Å². The van der Waals surface area contributed by atoms with E-state index in [9.17, 15) is 14.0 Å². The molecule has 2 aliphatic heterocycles. The molecular weight excluding hydrogens is 177 g/mol. The zero-order valence-corrected chi connectivity index (χ0v) is 6.84. The molecule has 2 fully saturated rings. The van der Waals surface area contributed by atoms with Crippen LogP contribution in [0.25, 0.3) is 0 Å². The van der Waals surface area contributed by atoms with Crippen molar-refractivity contribution in [3.8, 4) is 0 Å². The SMILES string of the molecule is O=C1NC(=O)C2CC(F)CNC2N1. The summed E-state index contributed by atoms with van der Waals surface area (Å²) in [5.41, 5.74) is 0. The number of nitrogens with one attached hydrogen (secondary N) is 3. The molecule has 2 saturated heterocycles. The predicted octanol–water partition coefficient (Wildman–Crippen LogP) is -0.900. The van der Waals surface area contributed by atoms with E-state index in [-0.39, 0.29) is 13.0 Å². The van der Waals surface area contributed by atoms with Gasteiger partial charge in [0.2, 0.25) is 5.91 Å². The van der Waals surface area contributed by atoms with Crippen molar-refractivity contribution < 1.29 is 14.0 Å². The quantitative estimate of drug-likeness (QED) is 0.460. The van der Waals surface area contributed by atoms with Crippen molar-refractivity contribution in [2.24, 2.45) is 5.92 Å². The fourth-order valence-electron chi connectivity index (χ4n) is 1.68. The molecule has 3 atom stereocenters.